The van der Waals surface area contributed by atoms with Crippen molar-refractivity contribution in [3.63, 3.8) is 0 Å². The van der Waals surface area contributed by atoms with Gasteiger partial charge in [-0.1, -0.05) is 48.5 Å². The van der Waals surface area contributed by atoms with E-state index in [0.29, 0.717) is 5.69 Å². The first-order chi connectivity index (χ1) is 19.3. The van der Waals surface area contributed by atoms with Gasteiger partial charge in [0.05, 0.1) is 18.3 Å². The average Bonchev–Trinajstić information content (AvgIpc) is 3.39. The zero-order valence-electron chi connectivity index (χ0n) is 21.5. The molecule has 0 bridgehead atoms. The molecule has 0 saturated carbocycles. The van der Waals surface area contributed by atoms with Crippen molar-refractivity contribution in [3.8, 4) is 17.0 Å². The second kappa shape index (κ2) is 12.7. The van der Waals surface area contributed by atoms with E-state index in [-0.39, 0.29) is 24.2 Å². The second-order valence-corrected chi connectivity index (χ2v) is 8.72. The molecule has 40 heavy (non-hydrogen) atoms. The molecule has 0 radical (unpaired) electrons. The summed E-state index contributed by atoms with van der Waals surface area (Å²) in [7, 11) is 1.28. The molecule has 5 rings (SSSR count). The third-order valence-corrected chi connectivity index (χ3v) is 6.11. The van der Waals surface area contributed by atoms with Crippen LogP contribution in [0.15, 0.2) is 85.1 Å². The van der Waals surface area contributed by atoms with Crippen molar-refractivity contribution in [1.82, 2.24) is 9.97 Å². The van der Waals surface area contributed by atoms with Gasteiger partial charge in [-0.15, -0.1) is 0 Å². The summed E-state index contributed by atoms with van der Waals surface area (Å²) < 4.78 is 9.55. The van der Waals surface area contributed by atoms with Crippen LogP contribution < -0.4 is 5.73 Å². The maximum absolute atomic E-state index is 11.8. The van der Waals surface area contributed by atoms with Gasteiger partial charge in [-0.25, -0.2) is 4.79 Å². The van der Waals surface area contributed by atoms with Crippen LogP contribution in [0.4, 0.5) is 0 Å². The fourth-order valence-electron chi connectivity index (χ4n) is 4.00. The number of esters is 2. The normalized spacial score (nSPS) is 12.2. The van der Waals surface area contributed by atoms with Gasteiger partial charge in [-0.3, -0.25) is 9.78 Å². The van der Waals surface area contributed by atoms with E-state index < -0.39 is 24.1 Å². The first-order valence-corrected chi connectivity index (χ1v) is 12.2. The van der Waals surface area contributed by atoms with Crippen molar-refractivity contribution in [3.05, 3.63) is 96.2 Å². The third-order valence-electron chi connectivity index (χ3n) is 6.11. The lowest BCUT2D eigenvalue weighted by Gasteiger charge is -2.12. The Balaban J connectivity index is 0.000000202. The number of carbonyl (C=O) groups excluding carboxylic acids is 3. The van der Waals surface area contributed by atoms with E-state index in [2.05, 4.69) is 16.0 Å². The van der Waals surface area contributed by atoms with Gasteiger partial charge in [-0.05, 0) is 35.9 Å². The summed E-state index contributed by atoms with van der Waals surface area (Å²) in [6, 6.07) is 22.5. The van der Waals surface area contributed by atoms with E-state index >= 15 is 0 Å². The van der Waals surface area contributed by atoms with Crippen molar-refractivity contribution in [2.24, 2.45) is 5.73 Å². The van der Waals surface area contributed by atoms with Gasteiger partial charge in [0.2, 0.25) is 0 Å². The van der Waals surface area contributed by atoms with Crippen molar-refractivity contribution in [1.29, 1.82) is 0 Å². The molecule has 0 aliphatic heterocycles. The number of para-hydroxylation sites is 1. The zero-order chi connectivity index (χ0) is 28.6. The highest BCUT2D eigenvalue weighted by molar-refractivity contribution is 6.11. The number of hydrogen-bond acceptors (Lipinski definition) is 9. The molecule has 0 fully saturated rings. The van der Waals surface area contributed by atoms with E-state index in [9.17, 15) is 19.5 Å². The molecule has 0 aliphatic carbocycles. The number of nitrogens with two attached hydrogens (primary N) is 1. The minimum atomic E-state index is -1.52. The van der Waals surface area contributed by atoms with E-state index in [1.54, 1.807) is 30.5 Å². The number of aliphatic hydroxyl groups is 1. The van der Waals surface area contributed by atoms with Crippen molar-refractivity contribution < 1.29 is 34.1 Å². The number of pyridine rings is 1. The molecular weight excluding hydrogens is 514 g/mol. The largest absolute Gasteiger partial charge is 0.507 e. The molecule has 10 nitrogen and oxygen atoms in total. The Hall–Kier alpha value is -5.06. The van der Waals surface area contributed by atoms with Gasteiger partial charge in [0.25, 0.3) is 0 Å². The summed E-state index contributed by atoms with van der Waals surface area (Å²) in [5.74, 6) is -1.50. The predicted molar refractivity (Wildman–Crippen MR) is 148 cm³/mol. The number of aldehydes is 1. The van der Waals surface area contributed by atoms with Gasteiger partial charge in [0.15, 0.2) is 6.29 Å². The lowest BCUT2D eigenvalue weighted by atomic mass is 10.0. The molecule has 3 aromatic carbocycles. The van der Waals surface area contributed by atoms with Crippen LogP contribution in [0, 0.1) is 0 Å². The van der Waals surface area contributed by atoms with Gasteiger partial charge < -0.3 is 35.2 Å². The number of ether oxygens (including phenoxy) is 2. The highest BCUT2D eigenvalue weighted by atomic mass is 16.5. The molecule has 0 amide bonds. The number of hydrogen-bond donors (Lipinski definition) is 4. The molecular formula is C30H27N3O7. The molecule has 2 aromatic heterocycles. The van der Waals surface area contributed by atoms with Crippen molar-refractivity contribution >= 4 is 40.0 Å². The van der Waals surface area contributed by atoms with Gasteiger partial charge >= 0.3 is 11.9 Å². The third kappa shape index (κ3) is 6.15. The number of methoxy groups -OCH3 is 1. The number of aliphatic hydroxyl groups excluding tert-OH is 1. The maximum atomic E-state index is 11.8. The summed E-state index contributed by atoms with van der Waals surface area (Å²) in [4.78, 5) is 41.1. The first-order valence-electron chi connectivity index (χ1n) is 12.2. The molecule has 10 heteroatoms. The number of benzene rings is 3. The van der Waals surface area contributed by atoms with E-state index in [1.807, 2.05) is 42.5 Å². The SMILES string of the molecule is COC(=O)c1cc(-c2nccc3c2[nH]c2ccccc23)ccc1O.NC(C(=O)OCc1ccccc1)C(O)C=O. The average molecular weight is 542 g/mol. The lowest BCUT2D eigenvalue weighted by molar-refractivity contribution is -0.150. The van der Waals surface area contributed by atoms with Gasteiger partial charge in [-0.2, -0.15) is 0 Å². The van der Waals surface area contributed by atoms with Gasteiger partial charge in [0.1, 0.15) is 30.1 Å². The number of aromatic nitrogens is 2. The fraction of sp³-hybridized carbons (Fsp3) is 0.133. The van der Waals surface area contributed by atoms with Crippen LogP contribution in [0.25, 0.3) is 33.1 Å². The van der Waals surface area contributed by atoms with Crippen molar-refractivity contribution in [2.45, 2.75) is 18.8 Å². The summed E-state index contributed by atoms with van der Waals surface area (Å²) in [6.07, 6.45) is 0.417. The molecule has 0 saturated heterocycles. The zero-order valence-corrected chi connectivity index (χ0v) is 21.5. The number of aromatic hydroxyl groups is 1. The smallest absolute Gasteiger partial charge is 0.341 e. The summed E-state index contributed by atoms with van der Waals surface area (Å²) in [5, 5.41) is 21.1. The fourth-order valence-corrected chi connectivity index (χ4v) is 4.00. The highest BCUT2D eigenvalue weighted by Crippen LogP contribution is 2.33. The summed E-state index contributed by atoms with van der Waals surface area (Å²) >= 11 is 0. The molecule has 2 atom stereocenters. The second-order valence-electron chi connectivity index (χ2n) is 8.72. The van der Waals surface area contributed by atoms with Crippen LogP contribution in [-0.2, 0) is 25.7 Å². The molecule has 0 aliphatic rings. The Kier molecular flexibility index (Phi) is 8.85. The molecule has 5 aromatic rings. The quantitative estimate of drug-likeness (QED) is 0.178. The Morgan fingerprint density at radius 3 is 2.48 bits per heavy atom. The standard InChI is InChI=1S/C19H14N2O3.C11H13NO4/c1-24-19(23)14-10-11(6-7-16(14)22)17-18-13(8-9-20-17)12-4-2-3-5-15(12)21-18;12-10(9(14)6-13)11(15)16-7-8-4-2-1-3-5-8/h2-10,21-22H,1H3;1-6,9-10,14H,7,12H2. The highest BCUT2D eigenvalue weighted by Gasteiger charge is 2.23. The summed E-state index contributed by atoms with van der Waals surface area (Å²) in [5.41, 5.74) is 9.56. The number of nitrogens with one attached hydrogen (secondary N) is 1. The van der Waals surface area contributed by atoms with Crippen LogP contribution in [0.2, 0.25) is 0 Å². The van der Waals surface area contributed by atoms with E-state index in [0.717, 1.165) is 32.9 Å². The number of aromatic amines is 1. The van der Waals surface area contributed by atoms with Crippen LogP contribution in [0.1, 0.15) is 15.9 Å². The minimum Gasteiger partial charge on any atom is -0.507 e. The molecule has 2 unspecified atom stereocenters. The Bertz CT molecular complexity index is 1650. The first kappa shape index (κ1) is 28.0. The number of H-pyrrole nitrogens is 1. The molecule has 2 heterocycles. The monoisotopic (exact) mass is 541 g/mol. The Labute approximate surface area is 229 Å². The van der Waals surface area contributed by atoms with Crippen molar-refractivity contribution in [2.75, 3.05) is 7.11 Å². The number of phenols is 1. The Morgan fingerprint density at radius 1 is 1.02 bits per heavy atom. The van der Waals surface area contributed by atoms with E-state index in [4.69, 9.17) is 20.3 Å². The van der Waals surface area contributed by atoms with Crippen LogP contribution >= 0.6 is 0 Å². The van der Waals surface area contributed by atoms with Gasteiger partial charge in [0, 0.05) is 28.0 Å². The summed E-state index contributed by atoms with van der Waals surface area (Å²) in [6.45, 7) is 0.0684. The Morgan fingerprint density at radius 2 is 1.75 bits per heavy atom. The van der Waals surface area contributed by atoms with E-state index in [1.165, 1.54) is 13.2 Å². The lowest BCUT2D eigenvalue weighted by Crippen LogP contribution is -2.43. The van der Waals surface area contributed by atoms with Crippen LogP contribution in [-0.4, -0.2) is 57.7 Å². The van der Waals surface area contributed by atoms with Crippen LogP contribution in [0.5, 0.6) is 5.75 Å². The predicted octanol–water partition coefficient (Wildman–Crippen LogP) is 3.49. The topological polar surface area (TPSA) is 165 Å². The number of fused-ring (bicyclic) bond motifs is 3. The molecule has 204 valence electrons. The van der Waals surface area contributed by atoms with Crippen LogP contribution in [0.3, 0.4) is 0 Å². The minimum absolute atomic E-state index is 0.0684. The molecule has 5 N–H and O–H groups in total. The number of rotatable bonds is 7. The number of nitrogens with zero attached hydrogens (tertiary/aromatic N) is 1. The number of carbonyl (C=O) groups is 3. The molecule has 0 spiro atoms. The number of phenolic OH excluding ortho intramolecular Hbond substituents is 1. The maximum Gasteiger partial charge on any atom is 0.341 e.